The van der Waals surface area contributed by atoms with Gasteiger partial charge in [0.25, 0.3) is 0 Å². The Balaban J connectivity index is 2.74. The van der Waals surface area contributed by atoms with E-state index in [2.05, 4.69) is 24.0 Å². The lowest BCUT2D eigenvalue weighted by atomic mass is 10.1. The molecule has 0 spiro atoms. The molecule has 1 aromatic heterocycles. The van der Waals surface area contributed by atoms with E-state index in [-0.39, 0.29) is 0 Å². The Labute approximate surface area is 95.7 Å². The number of aromatic nitrogens is 3. The highest BCUT2D eigenvalue weighted by Gasteiger charge is 2.09. The fourth-order valence-electron chi connectivity index (χ4n) is 1.38. The lowest BCUT2D eigenvalue weighted by Crippen LogP contribution is -2.11. The van der Waals surface area contributed by atoms with Crippen molar-refractivity contribution in [1.82, 2.24) is 14.8 Å². The summed E-state index contributed by atoms with van der Waals surface area (Å²) < 4.78 is 7.75. The number of nitrogens with one attached hydrogen (secondary N) is 1. The van der Waals surface area contributed by atoms with Crippen molar-refractivity contribution in [3.63, 3.8) is 0 Å². The van der Waals surface area contributed by atoms with E-state index >= 15 is 0 Å². The molecule has 0 aliphatic rings. The quantitative estimate of drug-likeness (QED) is 0.760. The van der Waals surface area contributed by atoms with E-state index in [9.17, 15) is 0 Å². The summed E-state index contributed by atoms with van der Waals surface area (Å²) >= 11 is 5.16. The van der Waals surface area contributed by atoms with Gasteiger partial charge in [-0.2, -0.15) is 5.10 Å². The molecule has 1 N–H and O–H groups in total. The van der Waals surface area contributed by atoms with E-state index < -0.39 is 0 Å². The zero-order valence-electron chi connectivity index (χ0n) is 9.62. The molecule has 1 atom stereocenters. The number of rotatable bonds is 6. The molecule has 0 aromatic carbocycles. The predicted molar refractivity (Wildman–Crippen MR) is 62.4 cm³/mol. The van der Waals surface area contributed by atoms with Gasteiger partial charge in [-0.3, -0.25) is 5.10 Å². The van der Waals surface area contributed by atoms with Gasteiger partial charge in [0.15, 0.2) is 4.77 Å². The molecule has 86 valence electrons. The summed E-state index contributed by atoms with van der Waals surface area (Å²) in [4.78, 5) is 0. The molecule has 1 aromatic rings. The number of hydrogen-bond donors (Lipinski definition) is 1. The standard InChI is InChI=1S/C10H19N3OS/c1-4-8(2)7-9-11-12-10(15)13(9)5-6-14-3/h8H,4-7H2,1-3H3,(H,12,15). The van der Waals surface area contributed by atoms with Crippen LogP contribution in [-0.4, -0.2) is 28.5 Å². The largest absolute Gasteiger partial charge is 0.383 e. The third kappa shape index (κ3) is 3.43. The van der Waals surface area contributed by atoms with Crippen molar-refractivity contribution in [2.45, 2.75) is 33.2 Å². The smallest absolute Gasteiger partial charge is 0.195 e. The topological polar surface area (TPSA) is 42.8 Å². The van der Waals surface area contributed by atoms with Gasteiger partial charge in [-0.05, 0) is 18.1 Å². The van der Waals surface area contributed by atoms with Crippen LogP contribution in [0, 0.1) is 10.7 Å². The van der Waals surface area contributed by atoms with Crippen molar-refractivity contribution < 1.29 is 4.74 Å². The summed E-state index contributed by atoms with van der Waals surface area (Å²) in [5, 5.41) is 7.08. The Kier molecular flexibility index (Phi) is 4.98. The van der Waals surface area contributed by atoms with Crippen LogP contribution in [0.3, 0.4) is 0 Å². The van der Waals surface area contributed by atoms with Crippen molar-refractivity contribution in [3.05, 3.63) is 10.6 Å². The van der Waals surface area contributed by atoms with Crippen LogP contribution in [0.2, 0.25) is 0 Å². The van der Waals surface area contributed by atoms with Gasteiger partial charge >= 0.3 is 0 Å². The van der Waals surface area contributed by atoms with Crippen molar-refractivity contribution in [1.29, 1.82) is 0 Å². The Morgan fingerprint density at radius 1 is 1.60 bits per heavy atom. The van der Waals surface area contributed by atoms with E-state index in [1.807, 2.05) is 4.57 Å². The Bertz CT molecular complexity index is 345. The first-order chi connectivity index (χ1) is 7.19. The molecule has 0 aliphatic heterocycles. The number of methoxy groups -OCH3 is 1. The molecule has 1 heterocycles. The number of H-pyrrole nitrogens is 1. The molecule has 5 heteroatoms. The Morgan fingerprint density at radius 2 is 2.33 bits per heavy atom. The van der Waals surface area contributed by atoms with Gasteiger partial charge < -0.3 is 9.30 Å². The maximum atomic E-state index is 5.16. The third-order valence-electron chi connectivity index (χ3n) is 2.58. The van der Waals surface area contributed by atoms with E-state index in [1.165, 1.54) is 0 Å². The SMILES string of the molecule is CCC(C)Cc1n[nH]c(=S)n1CCOC. The van der Waals surface area contributed by atoms with E-state index in [4.69, 9.17) is 17.0 Å². The van der Waals surface area contributed by atoms with E-state index in [0.717, 1.165) is 25.2 Å². The summed E-state index contributed by atoms with van der Waals surface area (Å²) in [5.41, 5.74) is 0. The lowest BCUT2D eigenvalue weighted by Gasteiger charge is -2.09. The number of aromatic amines is 1. The van der Waals surface area contributed by atoms with Crippen LogP contribution in [-0.2, 0) is 17.7 Å². The molecular weight excluding hydrogens is 210 g/mol. The van der Waals surface area contributed by atoms with Crippen LogP contribution in [0.4, 0.5) is 0 Å². The Morgan fingerprint density at radius 3 is 2.93 bits per heavy atom. The number of nitrogens with zero attached hydrogens (tertiary/aromatic N) is 2. The van der Waals surface area contributed by atoms with Crippen molar-refractivity contribution >= 4 is 12.2 Å². The Hall–Kier alpha value is -0.680. The molecule has 0 bridgehead atoms. The molecule has 0 amide bonds. The molecule has 0 saturated carbocycles. The second-order valence-corrected chi connectivity index (χ2v) is 4.19. The van der Waals surface area contributed by atoms with E-state index in [1.54, 1.807) is 7.11 Å². The van der Waals surface area contributed by atoms with Crippen LogP contribution in [0.15, 0.2) is 0 Å². The van der Waals surface area contributed by atoms with Gasteiger partial charge in [-0.1, -0.05) is 20.3 Å². The molecule has 4 nitrogen and oxygen atoms in total. The second kappa shape index (κ2) is 6.02. The van der Waals surface area contributed by atoms with Gasteiger partial charge in [0.1, 0.15) is 5.82 Å². The zero-order valence-corrected chi connectivity index (χ0v) is 10.4. The summed E-state index contributed by atoms with van der Waals surface area (Å²) in [6.45, 7) is 5.85. The van der Waals surface area contributed by atoms with Gasteiger partial charge in [0.2, 0.25) is 0 Å². The first-order valence-electron chi connectivity index (χ1n) is 5.32. The van der Waals surface area contributed by atoms with Crippen LogP contribution >= 0.6 is 12.2 Å². The van der Waals surface area contributed by atoms with Crippen molar-refractivity contribution in [3.8, 4) is 0 Å². The van der Waals surface area contributed by atoms with E-state index in [0.29, 0.717) is 17.3 Å². The highest BCUT2D eigenvalue weighted by molar-refractivity contribution is 7.71. The summed E-state index contributed by atoms with van der Waals surface area (Å²) in [7, 11) is 1.69. The average Bonchev–Trinajstić information content (AvgIpc) is 2.57. The van der Waals surface area contributed by atoms with Crippen LogP contribution in [0.25, 0.3) is 0 Å². The van der Waals surface area contributed by atoms with Gasteiger partial charge in [-0.15, -0.1) is 0 Å². The molecule has 1 rings (SSSR count). The molecule has 15 heavy (non-hydrogen) atoms. The van der Waals surface area contributed by atoms with Crippen LogP contribution < -0.4 is 0 Å². The van der Waals surface area contributed by atoms with Crippen molar-refractivity contribution in [2.75, 3.05) is 13.7 Å². The van der Waals surface area contributed by atoms with Gasteiger partial charge in [-0.25, -0.2) is 0 Å². The number of hydrogen-bond acceptors (Lipinski definition) is 3. The maximum absolute atomic E-state index is 5.16. The van der Waals surface area contributed by atoms with Gasteiger partial charge in [0.05, 0.1) is 6.61 Å². The highest BCUT2D eigenvalue weighted by Crippen LogP contribution is 2.09. The normalized spacial score (nSPS) is 13.0. The van der Waals surface area contributed by atoms with Gasteiger partial charge in [0, 0.05) is 20.1 Å². The predicted octanol–water partition coefficient (Wildman–Crippen LogP) is 2.18. The lowest BCUT2D eigenvalue weighted by molar-refractivity contribution is 0.185. The highest BCUT2D eigenvalue weighted by atomic mass is 32.1. The zero-order chi connectivity index (χ0) is 11.3. The summed E-state index contributed by atoms with van der Waals surface area (Å²) in [6, 6.07) is 0. The van der Waals surface area contributed by atoms with Crippen LogP contribution in [0.1, 0.15) is 26.1 Å². The minimum absolute atomic E-state index is 0.636. The molecule has 0 saturated heterocycles. The number of ether oxygens (including phenoxy) is 1. The second-order valence-electron chi connectivity index (χ2n) is 3.81. The van der Waals surface area contributed by atoms with Crippen molar-refractivity contribution in [2.24, 2.45) is 5.92 Å². The fourth-order valence-corrected chi connectivity index (χ4v) is 1.62. The molecule has 1 unspecified atom stereocenters. The van der Waals surface area contributed by atoms with Crippen LogP contribution in [0.5, 0.6) is 0 Å². The molecular formula is C10H19N3OS. The first-order valence-corrected chi connectivity index (χ1v) is 5.72. The summed E-state index contributed by atoms with van der Waals surface area (Å²) in [6.07, 6.45) is 2.12. The fraction of sp³-hybridized carbons (Fsp3) is 0.800. The minimum Gasteiger partial charge on any atom is -0.383 e. The molecule has 0 radical (unpaired) electrons. The first kappa shape index (κ1) is 12.4. The average molecular weight is 229 g/mol. The third-order valence-corrected chi connectivity index (χ3v) is 2.90. The molecule has 0 aliphatic carbocycles. The molecule has 0 fully saturated rings. The maximum Gasteiger partial charge on any atom is 0.195 e. The monoisotopic (exact) mass is 229 g/mol. The minimum atomic E-state index is 0.636. The summed E-state index contributed by atoms with van der Waals surface area (Å²) in [5.74, 6) is 1.67.